The minimum Gasteiger partial charge on any atom is -0.350 e. The number of hydrogen-bond acceptors (Lipinski definition) is 2. The Morgan fingerprint density at radius 1 is 1.27 bits per heavy atom. The van der Waals surface area contributed by atoms with E-state index >= 15 is 0 Å². The summed E-state index contributed by atoms with van der Waals surface area (Å²) in [5.74, 6) is 0. The minimum absolute atomic E-state index is 1.09. The van der Waals surface area contributed by atoms with Crippen LogP contribution in [0, 0.1) is 0 Å². The number of unbranched alkanes of at least 4 members (excludes halogenated alkanes) is 4. The van der Waals surface area contributed by atoms with Crippen molar-refractivity contribution in [2.24, 2.45) is 0 Å². The van der Waals surface area contributed by atoms with Crippen LogP contribution in [0.1, 0.15) is 45.4 Å². The van der Waals surface area contributed by atoms with Crippen LogP contribution in [0.15, 0.2) is 37.6 Å². The third kappa shape index (κ3) is 8.90. The SMILES string of the molecule is C=CN(C=C[NH2+]CCCCN1C=C[NH+](C)C1)CCCCCC. The molecule has 1 unspecified atom stereocenters. The summed E-state index contributed by atoms with van der Waals surface area (Å²) < 4.78 is 0. The van der Waals surface area contributed by atoms with E-state index in [-0.39, 0.29) is 0 Å². The summed E-state index contributed by atoms with van der Waals surface area (Å²) in [5, 5.41) is 2.28. The Hall–Kier alpha value is -1.26. The quantitative estimate of drug-likeness (QED) is 0.498. The topological polar surface area (TPSA) is 27.5 Å². The largest absolute Gasteiger partial charge is 0.350 e. The van der Waals surface area contributed by atoms with E-state index in [9.17, 15) is 0 Å². The van der Waals surface area contributed by atoms with E-state index in [1.165, 1.54) is 50.0 Å². The second-order valence-electron chi connectivity index (χ2n) is 6.19. The normalized spacial score (nSPS) is 17.5. The first-order chi connectivity index (χ1) is 10.8. The van der Waals surface area contributed by atoms with E-state index in [4.69, 9.17) is 0 Å². The lowest BCUT2D eigenvalue weighted by Crippen LogP contribution is -3.03. The first-order valence-electron chi connectivity index (χ1n) is 8.89. The van der Waals surface area contributed by atoms with Gasteiger partial charge in [0.2, 0.25) is 0 Å². The van der Waals surface area contributed by atoms with Gasteiger partial charge in [-0.15, -0.1) is 0 Å². The van der Waals surface area contributed by atoms with Crippen molar-refractivity contribution in [2.75, 3.05) is 33.4 Å². The fraction of sp³-hybridized carbons (Fsp3) is 0.667. The van der Waals surface area contributed by atoms with Crippen LogP contribution in [-0.2, 0) is 0 Å². The van der Waals surface area contributed by atoms with Crippen LogP contribution in [0.4, 0.5) is 0 Å². The Kier molecular flexibility index (Phi) is 10.5. The maximum Gasteiger partial charge on any atom is 0.156 e. The summed E-state index contributed by atoms with van der Waals surface area (Å²) in [5.41, 5.74) is 0. The van der Waals surface area contributed by atoms with Gasteiger partial charge in [0.05, 0.1) is 26.0 Å². The van der Waals surface area contributed by atoms with Crippen LogP contribution in [-0.4, -0.2) is 43.2 Å². The Balaban J connectivity index is 1.97. The summed E-state index contributed by atoms with van der Waals surface area (Å²) in [4.78, 5) is 6.07. The number of hydrogen-bond donors (Lipinski definition) is 2. The third-order valence-electron chi connectivity index (χ3n) is 4.01. The highest BCUT2D eigenvalue weighted by Crippen LogP contribution is 2.01. The van der Waals surface area contributed by atoms with Gasteiger partial charge in [0.1, 0.15) is 12.4 Å². The van der Waals surface area contributed by atoms with Crippen LogP contribution in [0.25, 0.3) is 0 Å². The number of nitrogens with two attached hydrogens (primary N) is 1. The molecule has 0 saturated heterocycles. The molecule has 0 radical (unpaired) electrons. The first-order valence-corrected chi connectivity index (χ1v) is 8.89. The van der Waals surface area contributed by atoms with E-state index in [1.807, 2.05) is 6.20 Å². The predicted octanol–water partition coefficient (Wildman–Crippen LogP) is 1.09. The lowest BCUT2D eigenvalue weighted by Gasteiger charge is -2.14. The van der Waals surface area contributed by atoms with Gasteiger partial charge in [0.15, 0.2) is 6.67 Å². The molecule has 0 aromatic carbocycles. The van der Waals surface area contributed by atoms with Crippen molar-refractivity contribution in [3.05, 3.63) is 37.6 Å². The van der Waals surface area contributed by atoms with Crippen molar-refractivity contribution in [2.45, 2.75) is 45.4 Å². The fourth-order valence-electron chi connectivity index (χ4n) is 2.60. The van der Waals surface area contributed by atoms with Crippen molar-refractivity contribution in [1.82, 2.24) is 9.80 Å². The fourth-order valence-corrected chi connectivity index (χ4v) is 2.60. The Labute approximate surface area is 137 Å². The molecule has 22 heavy (non-hydrogen) atoms. The summed E-state index contributed by atoms with van der Waals surface area (Å²) in [6.07, 6.45) is 18.4. The van der Waals surface area contributed by atoms with Gasteiger partial charge in [-0.2, -0.15) is 0 Å². The molecule has 0 aromatic heterocycles. The molecule has 0 spiro atoms. The monoisotopic (exact) mass is 308 g/mol. The van der Waals surface area contributed by atoms with Crippen molar-refractivity contribution < 1.29 is 10.2 Å². The molecule has 4 heteroatoms. The number of nitrogens with one attached hydrogen (secondary N) is 1. The molecule has 1 atom stereocenters. The van der Waals surface area contributed by atoms with E-state index in [0.29, 0.717) is 0 Å². The Morgan fingerprint density at radius 3 is 2.82 bits per heavy atom. The summed E-state index contributed by atoms with van der Waals surface area (Å²) in [6.45, 7) is 10.7. The maximum absolute atomic E-state index is 3.89. The number of quaternary nitrogens is 2. The zero-order chi connectivity index (χ0) is 16.0. The average Bonchev–Trinajstić information content (AvgIpc) is 2.94. The van der Waals surface area contributed by atoms with E-state index in [2.05, 4.69) is 60.5 Å². The van der Waals surface area contributed by atoms with Gasteiger partial charge in [-0.25, -0.2) is 0 Å². The molecule has 0 amide bonds. The highest BCUT2D eigenvalue weighted by atomic mass is 15.3. The molecule has 1 rings (SSSR count). The second-order valence-corrected chi connectivity index (χ2v) is 6.19. The van der Waals surface area contributed by atoms with Crippen molar-refractivity contribution in [1.29, 1.82) is 0 Å². The predicted molar refractivity (Wildman–Crippen MR) is 93.8 cm³/mol. The highest BCUT2D eigenvalue weighted by molar-refractivity contribution is 4.82. The molecule has 1 aliphatic rings. The zero-order valence-electron chi connectivity index (χ0n) is 14.6. The van der Waals surface area contributed by atoms with E-state index in [0.717, 1.165) is 19.8 Å². The molecular formula is C18H36N4+2. The van der Waals surface area contributed by atoms with Crippen LogP contribution >= 0.6 is 0 Å². The van der Waals surface area contributed by atoms with Crippen LogP contribution in [0.5, 0.6) is 0 Å². The highest BCUT2D eigenvalue weighted by Gasteiger charge is 2.11. The lowest BCUT2D eigenvalue weighted by molar-refractivity contribution is -0.826. The molecule has 0 bridgehead atoms. The first kappa shape index (κ1) is 18.8. The van der Waals surface area contributed by atoms with Gasteiger partial charge in [-0.3, -0.25) is 4.90 Å². The standard InChI is InChI=1S/C18H34N4/c1-4-6-7-9-13-21(5-2)15-12-19-11-8-10-14-22-17-16-20(3)18-22/h5,12,15-17,19H,2,4,6-11,13-14,18H2,1,3H3/p+2. The molecule has 0 fully saturated rings. The average molecular weight is 309 g/mol. The van der Waals surface area contributed by atoms with Gasteiger partial charge >= 0.3 is 0 Å². The van der Waals surface area contributed by atoms with Gasteiger partial charge in [-0.05, 0) is 25.5 Å². The molecule has 126 valence electrons. The minimum atomic E-state index is 1.09. The zero-order valence-corrected chi connectivity index (χ0v) is 14.6. The van der Waals surface area contributed by atoms with Gasteiger partial charge in [-0.1, -0.05) is 32.8 Å². The Bertz CT molecular complexity index is 338. The van der Waals surface area contributed by atoms with Crippen molar-refractivity contribution in [3.63, 3.8) is 0 Å². The molecule has 0 aromatic rings. The second kappa shape index (κ2) is 12.3. The van der Waals surface area contributed by atoms with Crippen molar-refractivity contribution in [3.8, 4) is 0 Å². The van der Waals surface area contributed by atoms with Crippen LogP contribution in [0.3, 0.4) is 0 Å². The van der Waals surface area contributed by atoms with Crippen molar-refractivity contribution >= 4 is 0 Å². The molecule has 0 saturated carbocycles. The van der Waals surface area contributed by atoms with E-state index < -0.39 is 0 Å². The smallest absolute Gasteiger partial charge is 0.156 e. The van der Waals surface area contributed by atoms with Crippen LogP contribution in [0.2, 0.25) is 0 Å². The lowest BCUT2D eigenvalue weighted by atomic mass is 10.2. The van der Waals surface area contributed by atoms with E-state index in [1.54, 1.807) is 0 Å². The molecule has 0 aliphatic carbocycles. The third-order valence-corrected chi connectivity index (χ3v) is 4.01. The summed E-state index contributed by atoms with van der Waals surface area (Å²) >= 11 is 0. The summed E-state index contributed by atoms with van der Waals surface area (Å²) in [6, 6.07) is 0. The molecule has 1 heterocycles. The number of rotatable bonds is 13. The van der Waals surface area contributed by atoms with Crippen LogP contribution < -0.4 is 10.2 Å². The van der Waals surface area contributed by atoms with Gasteiger partial charge in [0, 0.05) is 13.1 Å². The van der Waals surface area contributed by atoms with Gasteiger partial charge < -0.3 is 15.1 Å². The van der Waals surface area contributed by atoms with Gasteiger partial charge in [0.25, 0.3) is 0 Å². The maximum atomic E-state index is 3.89. The Morgan fingerprint density at radius 2 is 2.14 bits per heavy atom. The molecular weight excluding hydrogens is 272 g/mol. The molecule has 4 nitrogen and oxygen atoms in total. The number of nitrogens with zero attached hydrogens (tertiary/aromatic N) is 2. The molecule has 3 N–H and O–H groups in total. The summed E-state index contributed by atoms with van der Waals surface area (Å²) in [7, 11) is 2.20. The molecule has 1 aliphatic heterocycles.